The fraction of sp³-hybridized carbons (Fsp3) is 0.452. The SMILES string of the molecule is Cc1csc(C2CCCN2C(=O)c2cccc(C(=O)NC(Cc3ccccc3)C(O)C3CCC(C)(C)N3)c2)n1. The van der Waals surface area contributed by atoms with Crippen molar-refractivity contribution in [2.24, 2.45) is 0 Å². The summed E-state index contributed by atoms with van der Waals surface area (Å²) in [4.78, 5) is 33.5. The van der Waals surface area contributed by atoms with Crippen LogP contribution < -0.4 is 10.6 Å². The summed E-state index contributed by atoms with van der Waals surface area (Å²) in [6, 6.07) is 16.2. The van der Waals surface area contributed by atoms with E-state index in [-0.39, 0.29) is 29.4 Å². The number of benzene rings is 2. The number of nitrogens with one attached hydrogen (secondary N) is 2. The fourth-order valence-electron chi connectivity index (χ4n) is 5.83. The summed E-state index contributed by atoms with van der Waals surface area (Å²) in [5, 5.41) is 21.0. The molecule has 2 aliphatic heterocycles. The molecule has 8 heteroatoms. The van der Waals surface area contributed by atoms with Gasteiger partial charge in [-0.05, 0) is 76.6 Å². The van der Waals surface area contributed by atoms with Crippen LogP contribution in [0.15, 0.2) is 60.0 Å². The van der Waals surface area contributed by atoms with Crippen molar-refractivity contribution in [1.29, 1.82) is 0 Å². The smallest absolute Gasteiger partial charge is 0.254 e. The molecule has 0 spiro atoms. The molecule has 1 aromatic heterocycles. The lowest BCUT2D eigenvalue weighted by molar-refractivity contribution is 0.0720. The molecular weight excluding hydrogens is 508 g/mol. The van der Waals surface area contributed by atoms with E-state index in [0.29, 0.717) is 24.1 Å². The number of thiazole rings is 1. The van der Waals surface area contributed by atoms with E-state index in [9.17, 15) is 14.7 Å². The van der Waals surface area contributed by atoms with E-state index in [0.717, 1.165) is 41.9 Å². The fourth-order valence-corrected chi connectivity index (χ4v) is 6.77. The number of likely N-dealkylation sites (tertiary alicyclic amines) is 1. The topological polar surface area (TPSA) is 94.6 Å². The van der Waals surface area contributed by atoms with Crippen molar-refractivity contribution in [2.75, 3.05) is 6.54 Å². The van der Waals surface area contributed by atoms with Gasteiger partial charge >= 0.3 is 0 Å². The Morgan fingerprint density at radius 3 is 2.62 bits per heavy atom. The average molecular weight is 547 g/mol. The Morgan fingerprint density at radius 2 is 1.92 bits per heavy atom. The van der Waals surface area contributed by atoms with Crippen LogP contribution in [0.2, 0.25) is 0 Å². The van der Waals surface area contributed by atoms with Gasteiger partial charge in [-0.25, -0.2) is 4.98 Å². The molecule has 2 aromatic carbocycles. The maximum absolute atomic E-state index is 13.5. The van der Waals surface area contributed by atoms with Gasteiger partial charge < -0.3 is 20.6 Å². The summed E-state index contributed by atoms with van der Waals surface area (Å²) in [5.41, 5.74) is 2.86. The molecule has 0 aliphatic carbocycles. The molecule has 2 fully saturated rings. The lowest BCUT2D eigenvalue weighted by atomic mass is 9.95. The molecular formula is C31H38N4O3S. The maximum atomic E-state index is 13.5. The second kappa shape index (κ2) is 11.6. The van der Waals surface area contributed by atoms with Gasteiger partial charge in [0, 0.05) is 40.3 Å². The number of hydrogen-bond acceptors (Lipinski definition) is 6. The van der Waals surface area contributed by atoms with Gasteiger partial charge in [0.05, 0.1) is 18.2 Å². The quantitative estimate of drug-likeness (QED) is 0.382. The highest BCUT2D eigenvalue weighted by atomic mass is 32.1. The molecule has 0 radical (unpaired) electrons. The third-order valence-electron chi connectivity index (χ3n) is 7.90. The summed E-state index contributed by atoms with van der Waals surface area (Å²) in [6.07, 6.45) is 3.38. The number of aromatic nitrogens is 1. The molecule has 4 atom stereocenters. The molecule has 3 heterocycles. The first-order valence-corrected chi connectivity index (χ1v) is 14.7. The van der Waals surface area contributed by atoms with Gasteiger partial charge in [0.25, 0.3) is 11.8 Å². The van der Waals surface area contributed by atoms with Crippen LogP contribution in [0.5, 0.6) is 0 Å². The van der Waals surface area contributed by atoms with E-state index in [1.807, 2.05) is 47.5 Å². The van der Waals surface area contributed by atoms with Crippen LogP contribution in [0.3, 0.4) is 0 Å². The summed E-state index contributed by atoms with van der Waals surface area (Å²) in [6.45, 7) is 6.91. The van der Waals surface area contributed by atoms with Gasteiger partial charge in [0.2, 0.25) is 0 Å². The second-order valence-corrected chi connectivity index (χ2v) is 12.4. The van der Waals surface area contributed by atoms with Gasteiger partial charge in [-0.2, -0.15) is 0 Å². The van der Waals surface area contributed by atoms with Crippen LogP contribution in [0.25, 0.3) is 0 Å². The van der Waals surface area contributed by atoms with E-state index in [1.165, 1.54) is 0 Å². The molecule has 206 valence electrons. The summed E-state index contributed by atoms with van der Waals surface area (Å²) < 4.78 is 0. The first-order valence-electron chi connectivity index (χ1n) is 13.8. The standard InChI is InChI=1S/C31H38N4O3S/c1-20-19-39-29(32-20)26-13-8-16-35(26)30(38)23-12-7-11-22(18-23)28(37)33-25(17-21-9-5-4-6-10-21)27(36)24-14-15-31(2,3)34-24/h4-7,9-12,18-19,24-27,34,36H,8,13-17H2,1-3H3,(H,33,37). The Hall–Kier alpha value is -3.07. The van der Waals surface area contributed by atoms with E-state index in [2.05, 4.69) is 29.5 Å². The summed E-state index contributed by atoms with van der Waals surface area (Å²) in [5.74, 6) is -0.381. The van der Waals surface area contributed by atoms with Crippen LogP contribution in [-0.4, -0.2) is 57.1 Å². The molecule has 0 saturated carbocycles. The van der Waals surface area contributed by atoms with Crippen molar-refractivity contribution >= 4 is 23.2 Å². The Balaban J connectivity index is 1.33. The molecule has 5 rings (SSSR count). The number of hydrogen-bond donors (Lipinski definition) is 3. The zero-order valence-electron chi connectivity index (χ0n) is 22.9. The average Bonchev–Trinajstić information content (AvgIpc) is 3.67. The van der Waals surface area contributed by atoms with Gasteiger partial charge in [-0.15, -0.1) is 11.3 Å². The molecule has 0 bridgehead atoms. The van der Waals surface area contributed by atoms with Crippen molar-refractivity contribution in [1.82, 2.24) is 20.5 Å². The van der Waals surface area contributed by atoms with E-state index < -0.39 is 12.1 Å². The Kier molecular flexibility index (Phi) is 8.16. The number of carbonyl (C=O) groups is 2. The van der Waals surface area contributed by atoms with Crippen LogP contribution >= 0.6 is 11.3 Å². The molecule has 7 nitrogen and oxygen atoms in total. The monoisotopic (exact) mass is 546 g/mol. The summed E-state index contributed by atoms with van der Waals surface area (Å²) >= 11 is 1.59. The van der Waals surface area contributed by atoms with Gasteiger partial charge in [-0.3, -0.25) is 9.59 Å². The van der Waals surface area contributed by atoms with Crippen molar-refractivity contribution in [3.8, 4) is 0 Å². The third-order valence-corrected chi connectivity index (χ3v) is 8.97. The molecule has 4 unspecified atom stereocenters. The molecule has 2 amide bonds. The molecule has 2 aliphatic rings. The predicted molar refractivity (Wildman–Crippen MR) is 154 cm³/mol. The van der Waals surface area contributed by atoms with Crippen LogP contribution in [0, 0.1) is 6.92 Å². The van der Waals surface area contributed by atoms with Crippen molar-refractivity contribution in [3.05, 3.63) is 87.4 Å². The van der Waals surface area contributed by atoms with Crippen LogP contribution in [0.1, 0.15) is 82.6 Å². The first-order chi connectivity index (χ1) is 18.7. The van der Waals surface area contributed by atoms with Crippen LogP contribution in [-0.2, 0) is 6.42 Å². The molecule has 2 saturated heterocycles. The highest BCUT2D eigenvalue weighted by Crippen LogP contribution is 2.35. The highest BCUT2D eigenvalue weighted by Gasteiger charge is 2.38. The number of rotatable bonds is 8. The Morgan fingerprint density at radius 1 is 1.15 bits per heavy atom. The van der Waals surface area contributed by atoms with E-state index in [1.54, 1.807) is 35.6 Å². The first kappa shape index (κ1) is 27.5. The Labute approximate surface area is 234 Å². The third kappa shape index (κ3) is 6.40. The molecule has 39 heavy (non-hydrogen) atoms. The van der Waals surface area contributed by atoms with E-state index in [4.69, 9.17) is 0 Å². The minimum Gasteiger partial charge on any atom is -0.389 e. The molecule has 3 N–H and O–H groups in total. The number of aryl methyl sites for hydroxylation is 1. The lowest BCUT2D eigenvalue weighted by Gasteiger charge is -2.30. The summed E-state index contributed by atoms with van der Waals surface area (Å²) in [7, 11) is 0. The number of nitrogens with zero attached hydrogens (tertiary/aromatic N) is 2. The number of carbonyl (C=O) groups excluding carboxylic acids is 2. The zero-order chi connectivity index (χ0) is 27.6. The van der Waals surface area contributed by atoms with Crippen LogP contribution in [0.4, 0.5) is 0 Å². The Bertz CT molecular complexity index is 1310. The van der Waals surface area contributed by atoms with Gasteiger partial charge in [0.15, 0.2) is 0 Å². The number of aliphatic hydroxyl groups excluding tert-OH is 1. The number of aliphatic hydroxyl groups is 1. The predicted octanol–water partition coefficient (Wildman–Crippen LogP) is 4.66. The van der Waals surface area contributed by atoms with Crippen molar-refractivity contribution < 1.29 is 14.7 Å². The minimum absolute atomic E-state index is 0.0257. The highest BCUT2D eigenvalue weighted by molar-refractivity contribution is 7.09. The lowest BCUT2D eigenvalue weighted by Crippen LogP contribution is -2.54. The maximum Gasteiger partial charge on any atom is 0.254 e. The van der Waals surface area contributed by atoms with Gasteiger partial charge in [-0.1, -0.05) is 36.4 Å². The van der Waals surface area contributed by atoms with Crippen molar-refractivity contribution in [2.45, 2.75) is 82.6 Å². The largest absolute Gasteiger partial charge is 0.389 e. The zero-order valence-corrected chi connectivity index (χ0v) is 23.7. The number of amides is 2. The minimum atomic E-state index is -0.757. The second-order valence-electron chi connectivity index (χ2n) is 11.5. The van der Waals surface area contributed by atoms with E-state index >= 15 is 0 Å². The normalized spacial score (nSPS) is 22.0. The van der Waals surface area contributed by atoms with Crippen molar-refractivity contribution in [3.63, 3.8) is 0 Å². The van der Waals surface area contributed by atoms with Gasteiger partial charge in [0.1, 0.15) is 5.01 Å². The molecule has 3 aromatic rings.